The van der Waals surface area contributed by atoms with Gasteiger partial charge in [-0.15, -0.1) is 0 Å². The average molecular weight is 747 g/mol. The van der Waals surface area contributed by atoms with Crippen molar-refractivity contribution in [2.24, 2.45) is 17.8 Å². The number of pyridine rings is 1. The van der Waals surface area contributed by atoms with Crippen LogP contribution in [-0.2, 0) is 29.8 Å². The second kappa shape index (κ2) is 13.7. The maximum absolute atomic E-state index is 14.3. The number of ether oxygens (including phenoxy) is 2. The second-order valence-corrected chi connectivity index (χ2v) is 18.2. The summed E-state index contributed by atoms with van der Waals surface area (Å²) in [5.74, 6) is -1.43. The topological polar surface area (TPSA) is 162 Å². The molecule has 1 aliphatic heterocycles. The van der Waals surface area contributed by atoms with Crippen LogP contribution < -0.4 is 19.5 Å². The first-order valence-electron chi connectivity index (χ1n) is 18.6. The number of aromatic nitrogens is 3. The number of allylic oxidation sites excluding steroid dienone is 1. The summed E-state index contributed by atoms with van der Waals surface area (Å²) in [6, 6.07) is 7.56. The largest absolute Gasteiger partial charge is 0.496 e. The molecule has 3 amide bonds. The number of carbonyl (C=O) groups is 3. The maximum Gasteiger partial charge on any atom is 0.259 e. The Kier molecular flexibility index (Phi) is 9.57. The summed E-state index contributed by atoms with van der Waals surface area (Å²) in [5.41, 5.74) is 0.835. The van der Waals surface area contributed by atoms with Crippen molar-refractivity contribution in [2.75, 3.05) is 20.7 Å². The fourth-order valence-electron chi connectivity index (χ4n) is 7.72. The van der Waals surface area contributed by atoms with E-state index in [0.717, 1.165) is 35.9 Å². The minimum absolute atomic E-state index is 0.155. The summed E-state index contributed by atoms with van der Waals surface area (Å²) in [7, 11) is -0.460. The number of hydrogen-bond acceptors (Lipinski definition) is 9. The summed E-state index contributed by atoms with van der Waals surface area (Å²) < 4.78 is 42.0. The summed E-state index contributed by atoms with van der Waals surface area (Å²) in [5, 5.41) is 7.94. The quantitative estimate of drug-likeness (QED) is 0.332. The molecule has 14 heteroatoms. The van der Waals surface area contributed by atoms with Crippen LogP contribution in [0.25, 0.3) is 16.7 Å². The molecule has 3 aromatic rings. The van der Waals surface area contributed by atoms with Gasteiger partial charge < -0.3 is 19.7 Å². The van der Waals surface area contributed by atoms with Gasteiger partial charge in [0, 0.05) is 48.1 Å². The van der Waals surface area contributed by atoms with Crippen molar-refractivity contribution in [3.63, 3.8) is 0 Å². The first-order chi connectivity index (χ1) is 25.1. The third kappa shape index (κ3) is 7.26. The average Bonchev–Trinajstić information content (AvgIpc) is 3.98. The van der Waals surface area contributed by atoms with Gasteiger partial charge in [0.15, 0.2) is 5.82 Å². The number of benzene rings is 1. The maximum atomic E-state index is 14.3. The zero-order chi connectivity index (χ0) is 37.9. The lowest BCUT2D eigenvalue weighted by Crippen LogP contribution is -2.54. The van der Waals surface area contributed by atoms with Crippen molar-refractivity contribution in [1.82, 2.24) is 29.7 Å². The molecule has 5 atom stereocenters. The van der Waals surface area contributed by atoms with Crippen LogP contribution in [0, 0.1) is 24.7 Å². The van der Waals surface area contributed by atoms with Crippen LogP contribution in [0.3, 0.4) is 0 Å². The Morgan fingerprint density at radius 1 is 1.08 bits per heavy atom. The smallest absolute Gasteiger partial charge is 0.259 e. The molecule has 3 saturated carbocycles. The molecule has 1 aromatic carbocycles. The lowest BCUT2D eigenvalue weighted by molar-refractivity contribution is -0.140. The first kappa shape index (κ1) is 36.9. The van der Waals surface area contributed by atoms with Gasteiger partial charge in [-0.1, -0.05) is 32.9 Å². The van der Waals surface area contributed by atoms with Gasteiger partial charge in [-0.05, 0) is 76.5 Å². The van der Waals surface area contributed by atoms with E-state index in [0.29, 0.717) is 42.2 Å². The Morgan fingerprint density at radius 2 is 1.83 bits per heavy atom. The summed E-state index contributed by atoms with van der Waals surface area (Å²) in [6.07, 6.45) is 9.41. The third-order valence-electron chi connectivity index (χ3n) is 11.2. The number of hydrogen-bond donors (Lipinski definition) is 2. The molecule has 0 unspecified atom stereocenters. The van der Waals surface area contributed by atoms with Crippen LogP contribution in [-0.4, -0.2) is 83.4 Å². The third-order valence-corrected chi connectivity index (χ3v) is 13.1. The lowest BCUT2D eigenvalue weighted by atomic mass is 9.93. The summed E-state index contributed by atoms with van der Waals surface area (Å²) in [4.78, 5) is 48.7. The number of rotatable bonds is 7. The molecule has 0 saturated heterocycles. The summed E-state index contributed by atoms with van der Waals surface area (Å²) >= 11 is 0. The van der Waals surface area contributed by atoms with E-state index in [2.05, 4.69) is 30.8 Å². The van der Waals surface area contributed by atoms with E-state index in [1.54, 1.807) is 23.7 Å². The van der Waals surface area contributed by atoms with E-state index in [-0.39, 0.29) is 36.5 Å². The number of fused-ring (bicyclic) bond motifs is 3. The van der Waals surface area contributed by atoms with Gasteiger partial charge in [0.05, 0.1) is 35.4 Å². The van der Waals surface area contributed by atoms with Gasteiger partial charge in [-0.3, -0.25) is 19.1 Å². The zero-order valence-electron chi connectivity index (χ0n) is 31.3. The SMILES string of the molecule is COc1ccc2c(O[C@@H]3C[C@H]4C(=O)N[C@]5(C(=O)NS(=O)(=O)C6CC6)C[C@@H]5/C=C\CCCCN(C)C(=O)[C@@H]4C3)cc(-n3ccc(C(C)(C)C)n3)nc2c1C. The Bertz CT molecular complexity index is 2080. The van der Waals surface area contributed by atoms with Gasteiger partial charge in [0.2, 0.25) is 21.8 Å². The number of carbonyl (C=O) groups excluding carboxylic acids is 3. The molecule has 0 bridgehead atoms. The molecule has 3 heterocycles. The van der Waals surface area contributed by atoms with E-state index in [4.69, 9.17) is 19.6 Å². The van der Waals surface area contributed by atoms with E-state index in [9.17, 15) is 22.8 Å². The lowest BCUT2D eigenvalue weighted by Gasteiger charge is -2.26. The van der Waals surface area contributed by atoms with Gasteiger partial charge in [0.1, 0.15) is 23.1 Å². The minimum Gasteiger partial charge on any atom is -0.496 e. The standard InChI is InChI=1S/C39H50N6O7S/c1-23-30(51-6)15-14-27-31(21-33(40-34(23)27)45-18-16-32(42-45)38(2,3)4)52-25-19-28-29(20-25)36(47)44(5)17-10-8-7-9-11-24-22-39(24,41-35(28)46)37(48)43-53(49,50)26-12-13-26/h9,11,14-16,18,21,24-26,28-29H,7-8,10,12-13,17,19-20,22H2,1-6H3,(H,41,46)(H,43,48)/b11-9-/t24-,25+,28+,29+,39+/m0/s1. The predicted molar refractivity (Wildman–Crippen MR) is 199 cm³/mol. The number of nitrogens with one attached hydrogen (secondary N) is 2. The molecular formula is C39H50N6O7S. The van der Waals surface area contributed by atoms with Crippen LogP contribution in [0.15, 0.2) is 42.6 Å². The van der Waals surface area contributed by atoms with Gasteiger partial charge in [-0.2, -0.15) is 5.10 Å². The molecular weight excluding hydrogens is 697 g/mol. The molecule has 13 nitrogen and oxygen atoms in total. The fraction of sp³-hybridized carbons (Fsp3) is 0.564. The Balaban J connectivity index is 1.21. The Hall–Kier alpha value is -4.46. The first-order valence-corrected chi connectivity index (χ1v) is 20.2. The predicted octanol–water partition coefficient (Wildman–Crippen LogP) is 4.49. The number of methoxy groups -OCH3 is 1. The molecule has 2 N–H and O–H groups in total. The van der Waals surface area contributed by atoms with Crippen LogP contribution in [0.5, 0.6) is 11.5 Å². The Labute approximate surface area is 310 Å². The monoisotopic (exact) mass is 746 g/mol. The Morgan fingerprint density at radius 3 is 2.53 bits per heavy atom. The molecule has 4 aliphatic rings. The van der Waals surface area contributed by atoms with Crippen LogP contribution in [0.1, 0.15) is 83.4 Å². The molecule has 2 aromatic heterocycles. The minimum atomic E-state index is -3.83. The highest BCUT2D eigenvalue weighted by Crippen LogP contribution is 2.47. The second-order valence-electron chi connectivity index (χ2n) is 16.2. The fourth-order valence-corrected chi connectivity index (χ4v) is 9.09. The van der Waals surface area contributed by atoms with Crippen LogP contribution in [0.4, 0.5) is 0 Å². The normalized spacial score (nSPS) is 27.3. The molecule has 3 fully saturated rings. The highest BCUT2D eigenvalue weighted by Gasteiger charge is 2.62. The summed E-state index contributed by atoms with van der Waals surface area (Å²) in [6.45, 7) is 8.77. The van der Waals surface area contributed by atoms with Crippen molar-refractivity contribution in [3.8, 4) is 17.3 Å². The number of aryl methyl sites for hydroxylation is 1. The van der Waals surface area contributed by atoms with Gasteiger partial charge in [-0.25, -0.2) is 18.1 Å². The molecule has 0 radical (unpaired) electrons. The van der Waals surface area contributed by atoms with Crippen molar-refractivity contribution in [2.45, 2.75) is 101 Å². The zero-order valence-corrected chi connectivity index (χ0v) is 32.2. The van der Waals surface area contributed by atoms with Crippen LogP contribution in [0.2, 0.25) is 0 Å². The van der Waals surface area contributed by atoms with Crippen molar-refractivity contribution >= 4 is 38.6 Å². The van der Waals surface area contributed by atoms with E-state index >= 15 is 0 Å². The highest BCUT2D eigenvalue weighted by molar-refractivity contribution is 7.91. The number of nitrogens with zero attached hydrogens (tertiary/aromatic N) is 4. The highest BCUT2D eigenvalue weighted by atomic mass is 32.2. The van der Waals surface area contributed by atoms with E-state index < -0.39 is 50.6 Å². The number of amides is 3. The van der Waals surface area contributed by atoms with Crippen molar-refractivity contribution < 1.29 is 32.3 Å². The molecule has 284 valence electrons. The van der Waals surface area contributed by atoms with Gasteiger partial charge >= 0.3 is 0 Å². The molecule has 3 aliphatic carbocycles. The van der Waals surface area contributed by atoms with Crippen molar-refractivity contribution in [1.29, 1.82) is 0 Å². The van der Waals surface area contributed by atoms with Crippen molar-refractivity contribution in [3.05, 3.63) is 53.9 Å². The molecule has 7 rings (SSSR count). The number of sulfonamides is 1. The van der Waals surface area contributed by atoms with Gasteiger partial charge in [0.25, 0.3) is 5.91 Å². The van der Waals surface area contributed by atoms with E-state index in [1.165, 1.54) is 0 Å². The van der Waals surface area contributed by atoms with E-state index in [1.807, 2.05) is 49.5 Å². The molecule has 53 heavy (non-hydrogen) atoms. The molecule has 0 spiro atoms. The van der Waals surface area contributed by atoms with Crippen LogP contribution >= 0.6 is 0 Å².